The molecule has 0 aliphatic carbocycles. The molecule has 0 fully saturated rings. The van der Waals surface area contributed by atoms with Gasteiger partial charge in [-0.25, -0.2) is 8.78 Å². The summed E-state index contributed by atoms with van der Waals surface area (Å²) in [6, 6.07) is 2.40. The molecule has 1 heterocycles. The van der Waals surface area contributed by atoms with Crippen LogP contribution in [0.15, 0.2) is 10.5 Å². The fourth-order valence-corrected chi connectivity index (χ4v) is 1.37. The van der Waals surface area contributed by atoms with Crippen LogP contribution in [0.25, 0.3) is 0 Å². The van der Waals surface area contributed by atoms with Crippen molar-refractivity contribution in [3.63, 3.8) is 0 Å². The van der Waals surface area contributed by atoms with E-state index < -0.39 is 22.9 Å². The quantitative estimate of drug-likeness (QED) is 0.615. The summed E-state index contributed by atoms with van der Waals surface area (Å²) in [4.78, 5) is 12.6. The monoisotopic (exact) mass is 277 g/mol. The SMILES string of the molecule is N#Cc1c(Br)cc(C(F)F)nc1[N+](=O)[O-]. The number of pyridine rings is 1. The van der Waals surface area contributed by atoms with Gasteiger partial charge in [0.2, 0.25) is 5.69 Å². The van der Waals surface area contributed by atoms with Crippen molar-refractivity contribution in [1.29, 1.82) is 5.26 Å². The number of hydrogen-bond acceptors (Lipinski definition) is 4. The normalized spacial score (nSPS) is 10.1. The van der Waals surface area contributed by atoms with Crippen molar-refractivity contribution in [3.05, 3.63) is 31.9 Å². The Balaban J connectivity index is 3.47. The highest BCUT2D eigenvalue weighted by Gasteiger charge is 2.25. The summed E-state index contributed by atoms with van der Waals surface area (Å²) in [6.45, 7) is 0. The molecule has 15 heavy (non-hydrogen) atoms. The van der Waals surface area contributed by atoms with E-state index in [9.17, 15) is 18.9 Å². The summed E-state index contributed by atoms with van der Waals surface area (Å²) >= 11 is 2.79. The van der Waals surface area contributed by atoms with Crippen LogP contribution in [0, 0.1) is 21.4 Å². The van der Waals surface area contributed by atoms with E-state index in [1.807, 2.05) is 0 Å². The van der Waals surface area contributed by atoms with Crippen LogP contribution in [-0.2, 0) is 0 Å². The molecule has 0 radical (unpaired) electrons. The molecule has 0 spiro atoms. The van der Waals surface area contributed by atoms with Crippen molar-refractivity contribution in [3.8, 4) is 6.07 Å². The maximum Gasteiger partial charge on any atom is 0.383 e. The van der Waals surface area contributed by atoms with E-state index in [4.69, 9.17) is 5.26 Å². The topological polar surface area (TPSA) is 79.8 Å². The zero-order chi connectivity index (χ0) is 11.6. The second-order valence-electron chi connectivity index (χ2n) is 2.40. The van der Waals surface area contributed by atoms with Crippen LogP contribution >= 0.6 is 15.9 Å². The Morgan fingerprint density at radius 3 is 2.67 bits per heavy atom. The second-order valence-corrected chi connectivity index (χ2v) is 3.25. The first kappa shape index (κ1) is 11.5. The second kappa shape index (κ2) is 4.27. The summed E-state index contributed by atoms with van der Waals surface area (Å²) in [5.74, 6) is -0.873. The lowest BCUT2D eigenvalue weighted by molar-refractivity contribution is -0.390. The number of halogens is 3. The van der Waals surface area contributed by atoms with E-state index in [0.717, 1.165) is 6.07 Å². The Kier molecular flexibility index (Phi) is 3.26. The van der Waals surface area contributed by atoms with Crippen molar-refractivity contribution in [2.75, 3.05) is 0 Å². The Hall–Kier alpha value is -1.62. The van der Waals surface area contributed by atoms with Crippen molar-refractivity contribution in [1.82, 2.24) is 4.98 Å². The average Bonchev–Trinajstić information content (AvgIpc) is 2.16. The van der Waals surface area contributed by atoms with Gasteiger partial charge in [0.1, 0.15) is 6.07 Å². The molecule has 0 aliphatic heterocycles. The van der Waals surface area contributed by atoms with E-state index in [0.29, 0.717) is 0 Å². The zero-order valence-corrected chi connectivity index (χ0v) is 8.53. The van der Waals surface area contributed by atoms with Gasteiger partial charge in [0.05, 0.1) is 0 Å². The highest BCUT2D eigenvalue weighted by molar-refractivity contribution is 9.10. The number of aromatic nitrogens is 1. The van der Waals surface area contributed by atoms with E-state index in [2.05, 4.69) is 20.9 Å². The molecule has 0 aliphatic rings. The Morgan fingerprint density at radius 1 is 1.67 bits per heavy atom. The molecule has 0 atom stereocenters. The molecule has 1 aromatic rings. The van der Waals surface area contributed by atoms with Crippen LogP contribution in [-0.4, -0.2) is 9.91 Å². The fraction of sp³-hybridized carbons (Fsp3) is 0.143. The van der Waals surface area contributed by atoms with Gasteiger partial charge in [-0.1, -0.05) is 0 Å². The first-order valence-corrected chi connectivity index (χ1v) is 4.29. The highest BCUT2D eigenvalue weighted by atomic mass is 79.9. The summed E-state index contributed by atoms with van der Waals surface area (Å²) in [7, 11) is 0. The van der Waals surface area contributed by atoms with Gasteiger partial charge in [-0.05, 0) is 25.8 Å². The average molecular weight is 278 g/mol. The minimum atomic E-state index is -2.92. The zero-order valence-electron chi connectivity index (χ0n) is 6.95. The Bertz CT molecular complexity index is 458. The molecular weight excluding hydrogens is 276 g/mol. The number of nitro groups is 1. The van der Waals surface area contributed by atoms with Gasteiger partial charge < -0.3 is 10.1 Å². The third kappa shape index (κ3) is 2.24. The molecule has 0 aromatic carbocycles. The molecule has 0 saturated carbocycles. The molecular formula is C7H2BrF2N3O2. The maximum atomic E-state index is 12.2. The van der Waals surface area contributed by atoms with Gasteiger partial charge in [0, 0.05) is 10.5 Å². The molecule has 5 nitrogen and oxygen atoms in total. The largest absolute Gasteiger partial charge is 0.383 e. The molecule has 1 aromatic heterocycles. The van der Waals surface area contributed by atoms with Crippen molar-refractivity contribution >= 4 is 21.7 Å². The van der Waals surface area contributed by atoms with Gasteiger partial charge in [-0.2, -0.15) is 5.26 Å². The third-order valence-electron chi connectivity index (χ3n) is 1.48. The van der Waals surface area contributed by atoms with Crippen molar-refractivity contribution in [2.24, 2.45) is 0 Å². The van der Waals surface area contributed by atoms with Crippen molar-refractivity contribution < 1.29 is 13.7 Å². The maximum absolute atomic E-state index is 12.2. The van der Waals surface area contributed by atoms with Crippen molar-refractivity contribution in [2.45, 2.75) is 6.43 Å². The van der Waals surface area contributed by atoms with E-state index in [1.165, 1.54) is 6.07 Å². The Labute approximate surface area is 90.6 Å². The standard InChI is InChI=1S/C7H2BrF2N3O2/c8-4-1-5(6(9)10)12-7(13(14)15)3(4)2-11/h1,6H. The van der Waals surface area contributed by atoms with E-state index >= 15 is 0 Å². The summed E-state index contributed by atoms with van der Waals surface area (Å²) in [5, 5.41) is 19.0. The molecule has 0 saturated heterocycles. The molecule has 0 amide bonds. The summed E-state index contributed by atoms with van der Waals surface area (Å²) in [5.41, 5.74) is -1.11. The molecule has 78 valence electrons. The predicted octanol–water partition coefficient (Wildman–Crippen LogP) is 2.56. The molecule has 0 unspecified atom stereocenters. The smallest absolute Gasteiger partial charge is 0.358 e. The van der Waals surface area contributed by atoms with Gasteiger partial charge in [0.25, 0.3) is 0 Å². The van der Waals surface area contributed by atoms with Crippen LogP contribution in [0.4, 0.5) is 14.6 Å². The lowest BCUT2D eigenvalue weighted by Gasteiger charge is -1.99. The number of nitriles is 1. The van der Waals surface area contributed by atoms with E-state index in [1.54, 1.807) is 0 Å². The van der Waals surface area contributed by atoms with Crippen LogP contribution < -0.4 is 0 Å². The summed E-state index contributed by atoms with van der Waals surface area (Å²) < 4.78 is 24.4. The molecule has 8 heteroatoms. The van der Waals surface area contributed by atoms with Gasteiger partial charge in [-0.3, -0.25) is 0 Å². The van der Waals surface area contributed by atoms with Crippen LogP contribution in [0.2, 0.25) is 0 Å². The van der Waals surface area contributed by atoms with Crippen LogP contribution in [0.5, 0.6) is 0 Å². The van der Waals surface area contributed by atoms with Crippen LogP contribution in [0.1, 0.15) is 17.7 Å². The predicted molar refractivity (Wildman–Crippen MR) is 48.3 cm³/mol. The fourth-order valence-electron chi connectivity index (χ4n) is 0.867. The number of nitrogens with zero attached hydrogens (tertiary/aromatic N) is 3. The molecule has 0 N–H and O–H groups in total. The minimum absolute atomic E-state index is 0.0676. The molecule has 1 rings (SSSR count). The Morgan fingerprint density at radius 2 is 2.27 bits per heavy atom. The van der Waals surface area contributed by atoms with Gasteiger partial charge >= 0.3 is 12.2 Å². The number of alkyl halides is 2. The lowest BCUT2D eigenvalue weighted by Crippen LogP contribution is -2.01. The number of rotatable bonds is 2. The van der Waals surface area contributed by atoms with Gasteiger partial charge in [0.15, 0.2) is 5.56 Å². The summed E-state index contributed by atoms with van der Waals surface area (Å²) in [6.07, 6.45) is -2.92. The minimum Gasteiger partial charge on any atom is -0.358 e. The van der Waals surface area contributed by atoms with Gasteiger partial charge in [-0.15, -0.1) is 0 Å². The number of hydrogen-bond donors (Lipinski definition) is 0. The lowest BCUT2D eigenvalue weighted by atomic mass is 10.2. The first-order chi connectivity index (χ1) is 6.97. The van der Waals surface area contributed by atoms with E-state index in [-0.39, 0.29) is 10.0 Å². The third-order valence-corrected chi connectivity index (χ3v) is 2.11. The highest BCUT2D eigenvalue weighted by Crippen LogP contribution is 2.28. The van der Waals surface area contributed by atoms with Crippen LogP contribution in [0.3, 0.4) is 0 Å². The first-order valence-electron chi connectivity index (χ1n) is 3.50. The molecule has 0 bridgehead atoms.